The molecule has 0 N–H and O–H groups in total. The third-order valence-electron chi connectivity index (χ3n) is 7.18. The second kappa shape index (κ2) is 7.46. The number of benzene rings is 2. The van der Waals surface area contributed by atoms with Crippen LogP contribution in [0.15, 0.2) is 59.5 Å². The first-order chi connectivity index (χ1) is 15.5. The Bertz CT molecular complexity index is 1260. The zero-order chi connectivity index (χ0) is 21.9. The highest BCUT2D eigenvalue weighted by Crippen LogP contribution is 2.49. The molecule has 0 amide bonds. The first-order valence-corrected chi connectivity index (χ1v) is 12.8. The lowest BCUT2D eigenvalue weighted by atomic mass is 9.94. The van der Waals surface area contributed by atoms with Gasteiger partial charge in [-0.3, -0.25) is 4.68 Å². The van der Waals surface area contributed by atoms with E-state index in [9.17, 15) is 8.42 Å². The van der Waals surface area contributed by atoms with Gasteiger partial charge in [-0.25, -0.2) is 8.42 Å². The molecule has 6 rings (SSSR count). The molecule has 2 atom stereocenters. The Morgan fingerprint density at radius 2 is 1.88 bits per heavy atom. The second-order valence-electron chi connectivity index (χ2n) is 9.27. The fraction of sp³-hybridized carbons (Fsp3) is 0.400. The van der Waals surface area contributed by atoms with Crippen molar-refractivity contribution >= 4 is 10.0 Å². The van der Waals surface area contributed by atoms with Crippen LogP contribution in [0.2, 0.25) is 0 Å². The van der Waals surface area contributed by atoms with Gasteiger partial charge < -0.3 is 4.74 Å². The molecule has 1 saturated heterocycles. The lowest BCUT2D eigenvalue weighted by Gasteiger charge is -2.17. The van der Waals surface area contributed by atoms with Crippen molar-refractivity contribution in [2.45, 2.75) is 36.6 Å². The van der Waals surface area contributed by atoms with E-state index in [4.69, 9.17) is 9.84 Å². The molecule has 2 heterocycles. The van der Waals surface area contributed by atoms with Gasteiger partial charge in [0.05, 0.1) is 17.7 Å². The third-order valence-corrected chi connectivity index (χ3v) is 9.03. The fourth-order valence-electron chi connectivity index (χ4n) is 5.35. The van der Waals surface area contributed by atoms with Crippen LogP contribution in [0.4, 0.5) is 0 Å². The smallest absolute Gasteiger partial charge is 0.243 e. The number of ether oxygens (including phenoxy) is 1. The van der Waals surface area contributed by atoms with E-state index < -0.39 is 10.0 Å². The number of aromatic nitrogens is 2. The molecule has 7 heteroatoms. The molecule has 3 aromatic rings. The molecule has 2 aliphatic carbocycles. The van der Waals surface area contributed by atoms with E-state index in [-0.39, 0.29) is 5.92 Å². The highest BCUT2D eigenvalue weighted by Gasteiger charge is 2.47. The summed E-state index contributed by atoms with van der Waals surface area (Å²) >= 11 is 0. The van der Waals surface area contributed by atoms with Crippen LogP contribution in [-0.4, -0.2) is 42.7 Å². The fourth-order valence-corrected chi connectivity index (χ4v) is 6.89. The Hall–Kier alpha value is -2.64. The number of rotatable bonds is 6. The van der Waals surface area contributed by atoms with Gasteiger partial charge in [0.25, 0.3) is 0 Å². The summed E-state index contributed by atoms with van der Waals surface area (Å²) in [6, 6.07) is 16.8. The second-order valence-corrected chi connectivity index (χ2v) is 11.2. The predicted octanol–water partition coefficient (Wildman–Crippen LogP) is 3.93. The van der Waals surface area contributed by atoms with E-state index in [0.29, 0.717) is 23.9 Å². The monoisotopic (exact) mass is 449 g/mol. The van der Waals surface area contributed by atoms with Gasteiger partial charge >= 0.3 is 0 Å². The molecule has 0 radical (unpaired) electrons. The average molecular weight is 450 g/mol. The lowest BCUT2D eigenvalue weighted by molar-refractivity contribution is 0.415. The largest absolute Gasteiger partial charge is 0.497 e. The number of hydrogen-bond acceptors (Lipinski definition) is 4. The third kappa shape index (κ3) is 3.26. The molecule has 6 nitrogen and oxygen atoms in total. The minimum atomic E-state index is -3.49. The van der Waals surface area contributed by atoms with Gasteiger partial charge in [-0.2, -0.15) is 9.40 Å². The highest BCUT2D eigenvalue weighted by molar-refractivity contribution is 7.89. The summed E-state index contributed by atoms with van der Waals surface area (Å²) in [5.74, 6) is 2.02. The van der Waals surface area contributed by atoms with E-state index >= 15 is 0 Å². The molecule has 2 fully saturated rings. The van der Waals surface area contributed by atoms with Crippen LogP contribution < -0.4 is 4.74 Å². The van der Waals surface area contributed by atoms with E-state index in [1.165, 1.54) is 24.1 Å². The van der Waals surface area contributed by atoms with Gasteiger partial charge in [-0.15, -0.1) is 0 Å². The zero-order valence-corrected chi connectivity index (χ0v) is 19.0. The summed E-state index contributed by atoms with van der Waals surface area (Å²) in [4.78, 5) is 0.373. The molecule has 166 valence electrons. The van der Waals surface area contributed by atoms with Crippen LogP contribution in [0.1, 0.15) is 30.0 Å². The molecule has 0 spiro atoms. The van der Waals surface area contributed by atoms with E-state index in [1.54, 1.807) is 35.7 Å². The molecule has 1 aliphatic heterocycles. The van der Waals surface area contributed by atoms with Crippen molar-refractivity contribution in [2.24, 2.45) is 11.8 Å². The van der Waals surface area contributed by atoms with Gasteiger partial charge in [0.15, 0.2) is 0 Å². The molecule has 32 heavy (non-hydrogen) atoms. The summed E-state index contributed by atoms with van der Waals surface area (Å²) in [6.07, 6.45) is 3.45. The predicted molar refractivity (Wildman–Crippen MR) is 122 cm³/mol. The Kier molecular flexibility index (Phi) is 4.66. The van der Waals surface area contributed by atoms with Crippen molar-refractivity contribution in [3.63, 3.8) is 0 Å². The number of hydrogen-bond donors (Lipinski definition) is 0. The van der Waals surface area contributed by atoms with E-state index in [2.05, 4.69) is 10.7 Å². The van der Waals surface area contributed by atoms with Gasteiger partial charge in [0.1, 0.15) is 5.75 Å². The van der Waals surface area contributed by atoms with Gasteiger partial charge in [0.2, 0.25) is 10.0 Å². The minimum Gasteiger partial charge on any atom is -0.497 e. The summed E-state index contributed by atoms with van der Waals surface area (Å²) in [5.41, 5.74) is 4.59. The summed E-state index contributed by atoms with van der Waals surface area (Å²) in [5, 5.41) is 5.06. The molecule has 1 saturated carbocycles. The van der Waals surface area contributed by atoms with Crippen LogP contribution in [0, 0.1) is 11.8 Å². The van der Waals surface area contributed by atoms with Crippen molar-refractivity contribution in [2.75, 3.05) is 20.2 Å². The summed E-state index contributed by atoms with van der Waals surface area (Å²) < 4.78 is 35.9. The Balaban J connectivity index is 1.38. The normalized spacial score (nSPS) is 22.7. The van der Waals surface area contributed by atoms with E-state index in [1.807, 2.05) is 24.3 Å². The maximum atomic E-state index is 13.3. The molecule has 1 aromatic heterocycles. The van der Waals surface area contributed by atoms with Gasteiger partial charge in [-0.1, -0.05) is 30.3 Å². The Morgan fingerprint density at radius 1 is 1.06 bits per heavy atom. The SMILES string of the molecule is COc1cccc(-c2nn(CC3CC3)c3c2[C@H]2CN(S(=O)(=O)c4ccccc4)C[C@H]2C3)c1. The Morgan fingerprint density at radius 3 is 2.62 bits per heavy atom. The first-order valence-electron chi connectivity index (χ1n) is 11.3. The van der Waals surface area contributed by atoms with Crippen molar-refractivity contribution in [1.82, 2.24) is 14.1 Å². The number of methoxy groups -OCH3 is 1. The van der Waals surface area contributed by atoms with Crippen molar-refractivity contribution in [3.8, 4) is 17.0 Å². The van der Waals surface area contributed by atoms with Gasteiger partial charge in [0, 0.05) is 42.4 Å². The first kappa shape index (κ1) is 20.0. The maximum Gasteiger partial charge on any atom is 0.243 e. The van der Waals surface area contributed by atoms with Crippen LogP contribution in [0.25, 0.3) is 11.3 Å². The standard InChI is InChI=1S/C25H27N3O3S/c1-31-20-7-5-6-18(12-20)25-24-22-16-27(32(29,30)21-8-3-2-4-9-21)15-19(22)13-23(24)28(26-25)14-17-10-11-17/h2-9,12,17,19,22H,10-11,13-16H2,1H3/t19-,22+/m1/s1. The van der Waals surface area contributed by atoms with Crippen LogP contribution >= 0.6 is 0 Å². The number of nitrogens with zero attached hydrogens (tertiary/aromatic N) is 3. The molecular formula is C25H27N3O3S. The van der Waals surface area contributed by atoms with Crippen molar-refractivity contribution < 1.29 is 13.2 Å². The molecular weight excluding hydrogens is 422 g/mol. The lowest BCUT2D eigenvalue weighted by Crippen LogP contribution is -2.29. The Labute approximate surface area is 188 Å². The highest BCUT2D eigenvalue weighted by atomic mass is 32.2. The molecule has 0 bridgehead atoms. The van der Waals surface area contributed by atoms with Crippen LogP contribution in [0.5, 0.6) is 5.75 Å². The number of sulfonamides is 1. The molecule has 0 unspecified atom stereocenters. The average Bonchev–Trinajstić information content (AvgIpc) is 3.27. The molecule has 2 aromatic carbocycles. The summed E-state index contributed by atoms with van der Waals surface area (Å²) in [7, 11) is -1.81. The van der Waals surface area contributed by atoms with Gasteiger partial charge in [-0.05, 0) is 55.4 Å². The summed E-state index contributed by atoms with van der Waals surface area (Å²) in [6.45, 7) is 2.05. The minimum absolute atomic E-state index is 0.178. The van der Waals surface area contributed by atoms with Crippen molar-refractivity contribution in [3.05, 3.63) is 65.9 Å². The topological polar surface area (TPSA) is 64.4 Å². The maximum absolute atomic E-state index is 13.3. The molecule has 3 aliphatic rings. The quantitative estimate of drug-likeness (QED) is 0.572. The van der Waals surface area contributed by atoms with Crippen molar-refractivity contribution in [1.29, 1.82) is 0 Å². The number of fused-ring (bicyclic) bond motifs is 3. The van der Waals surface area contributed by atoms with Crippen LogP contribution in [-0.2, 0) is 23.0 Å². The van der Waals surface area contributed by atoms with E-state index in [0.717, 1.165) is 35.9 Å². The van der Waals surface area contributed by atoms with Crippen LogP contribution in [0.3, 0.4) is 0 Å². The zero-order valence-electron chi connectivity index (χ0n) is 18.1.